The Labute approximate surface area is 184 Å². The summed E-state index contributed by atoms with van der Waals surface area (Å²) in [6.07, 6.45) is 4.85. The van der Waals surface area contributed by atoms with Gasteiger partial charge in [0.05, 0.1) is 12.7 Å². The Morgan fingerprint density at radius 3 is 2.93 bits per heavy atom. The van der Waals surface area contributed by atoms with Gasteiger partial charge in [-0.05, 0) is 31.9 Å². The Morgan fingerprint density at radius 2 is 2.25 bits per heavy atom. The average Bonchev–Trinajstić information content (AvgIpc) is 3.19. The Hall–Kier alpha value is -1.02. The van der Waals surface area contributed by atoms with E-state index in [1.807, 2.05) is 6.92 Å². The van der Waals surface area contributed by atoms with Crippen molar-refractivity contribution in [2.75, 3.05) is 46.0 Å². The monoisotopic (exact) mass is 527 g/mol. The molecule has 1 saturated heterocycles. The highest BCUT2D eigenvalue weighted by Crippen LogP contribution is 2.08. The van der Waals surface area contributed by atoms with Gasteiger partial charge in [-0.1, -0.05) is 0 Å². The van der Waals surface area contributed by atoms with Crippen LogP contribution in [0.2, 0.25) is 0 Å². The molecular weight excluding hydrogens is 497 g/mol. The second-order valence-corrected chi connectivity index (χ2v) is 7.75. The van der Waals surface area contributed by atoms with Gasteiger partial charge in [0, 0.05) is 51.8 Å². The van der Waals surface area contributed by atoms with Gasteiger partial charge >= 0.3 is 0 Å². The van der Waals surface area contributed by atoms with Crippen LogP contribution in [0, 0.1) is 0 Å². The number of nitrogens with one attached hydrogen (secondary N) is 3. The molecule has 1 fully saturated rings. The van der Waals surface area contributed by atoms with E-state index in [0.29, 0.717) is 32.3 Å². The molecule has 1 aromatic heterocycles. The summed E-state index contributed by atoms with van der Waals surface area (Å²) >= 11 is 0. The first-order valence-electron chi connectivity index (χ1n) is 9.23. The standard InChI is InChI=1S/C17H29N5O4S.HI/c1-2-19-17(20-8-4-11-26-15-6-12-25-14-15)21-9-10-22-27(23,24)16-5-3-7-18-13-16;/h3,5,7,13,15,22H,2,4,6,8-12,14H2,1H3,(H2,19,20,21);1H. The molecule has 11 heteroatoms. The van der Waals surface area contributed by atoms with Crippen LogP contribution in [-0.4, -0.2) is 71.5 Å². The van der Waals surface area contributed by atoms with Crippen LogP contribution in [0.5, 0.6) is 0 Å². The van der Waals surface area contributed by atoms with Crippen molar-refractivity contribution in [1.82, 2.24) is 20.3 Å². The van der Waals surface area contributed by atoms with Crippen molar-refractivity contribution < 1.29 is 17.9 Å². The molecule has 0 saturated carbocycles. The van der Waals surface area contributed by atoms with E-state index in [-0.39, 0.29) is 41.5 Å². The van der Waals surface area contributed by atoms with Crippen molar-refractivity contribution in [2.24, 2.45) is 4.99 Å². The SMILES string of the molecule is CCNC(=NCCCOC1CCOC1)NCCNS(=O)(=O)c1cccnc1.I. The fourth-order valence-electron chi connectivity index (χ4n) is 2.45. The first kappa shape index (κ1) is 25.0. The molecule has 0 aromatic carbocycles. The molecule has 1 aliphatic rings. The van der Waals surface area contributed by atoms with Gasteiger partial charge in [0.1, 0.15) is 4.90 Å². The molecule has 3 N–H and O–H groups in total. The number of hydrogen-bond acceptors (Lipinski definition) is 6. The highest BCUT2D eigenvalue weighted by atomic mass is 127. The molecule has 0 amide bonds. The quantitative estimate of drug-likeness (QED) is 0.168. The highest BCUT2D eigenvalue weighted by molar-refractivity contribution is 14.0. The predicted molar refractivity (Wildman–Crippen MR) is 119 cm³/mol. The minimum Gasteiger partial charge on any atom is -0.379 e. The van der Waals surface area contributed by atoms with E-state index in [9.17, 15) is 8.42 Å². The van der Waals surface area contributed by atoms with Crippen LogP contribution in [0.4, 0.5) is 0 Å². The molecule has 1 aliphatic heterocycles. The number of pyridine rings is 1. The number of ether oxygens (including phenoxy) is 2. The molecule has 1 unspecified atom stereocenters. The Bertz CT molecular complexity index is 669. The van der Waals surface area contributed by atoms with Gasteiger partial charge in [-0.3, -0.25) is 9.98 Å². The summed E-state index contributed by atoms with van der Waals surface area (Å²) < 4.78 is 37.7. The van der Waals surface area contributed by atoms with Crippen LogP contribution in [0.1, 0.15) is 19.8 Å². The van der Waals surface area contributed by atoms with Gasteiger partial charge in [0.25, 0.3) is 0 Å². The lowest BCUT2D eigenvalue weighted by Crippen LogP contribution is -2.41. The lowest BCUT2D eigenvalue weighted by Gasteiger charge is -2.12. The van der Waals surface area contributed by atoms with Crippen molar-refractivity contribution in [3.63, 3.8) is 0 Å². The molecule has 1 atom stereocenters. The Morgan fingerprint density at radius 1 is 1.39 bits per heavy atom. The zero-order valence-corrected chi connectivity index (χ0v) is 19.2. The lowest BCUT2D eigenvalue weighted by molar-refractivity contribution is 0.0424. The van der Waals surface area contributed by atoms with Crippen molar-refractivity contribution in [2.45, 2.75) is 30.8 Å². The smallest absolute Gasteiger partial charge is 0.242 e. The van der Waals surface area contributed by atoms with Crippen molar-refractivity contribution >= 4 is 40.0 Å². The second-order valence-electron chi connectivity index (χ2n) is 5.98. The van der Waals surface area contributed by atoms with E-state index in [0.717, 1.165) is 26.0 Å². The molecular formula is C17H30IN5O4S. The molecule has 2 heterocycles. The number of halogens is 1. The predicted octanol–water partition coefficient (Wildman–Crippen LogP) is 0.729. The van der Waals surface area contributed by atoms with E-state index < -0.39 is 10.0 Å². The maximum absolute atomic E-state index is 12.1. The van der Waals surface area contributed by atoms with Gasteiger partial charge in [-0.15, -0.1) is 24.0 Å². The number of hydrogen-bond donors (Lipinski definition) is 3. The molecule has 0 spiro atoms. The number of guanidine groups is 1. The summed E-state index contributed by atoms with van der Waals surface area (Å²) in [6.45, 7) is 6.11. The van der Waals surface area contributed by atoms with E-state index >= 15 is 0 Å². The minimum atomic E-state index is -3.54. The van der Waals surface area contributed by atoms with Crippen molar-refractivity contribution in [3.05, 3.63) is 24.5 Å². The van der Waals surface area contributed by atoms with Gasteiger partial charge < -0.3 is 20.1 Å². The van der Waals surface area contributed by atoms with Crippen molar-refractivity contribution in [3.8, 4) is 0 Å². The molecule has 160 valence electrons. The van der Waals surface area contributed by atoms with Gasteiger partial charge in [-0.2, -0.15) is 0 Å². The molecule has 9 nitrogen and oxygen atoms in total. The number of aliphatic imine (C=N–C) groups is 1. The summed E-state index contributed by atoms with van der Waals surface area (Å²) in [5.74, 6) is 0.655. The van der Waals surface area contributed by atoms with Crippen LogP contribution in [0.3, 0.4) is 0 Å². The summed E-state index contributed by atoms with van der Waals surface area (Å²) in [5, 5.41) is 6.25. The molecule has 2 rings (SSSR count). The number of aromatic nitrogens is 1. The molecule has 0 aliphatic carbocycles. The third kappa shape index (κ3) is 9.45. The summed E-state index contributed by atoms with van der Waals surface area (Å²) in [7, 11) is -3.54. The van der Waals surface area contributed by atoms with Crippen LogP contribution in [0.25, 0.3) is 0 Å². The summed E-state index contributed by atoms with van der Waals surface area (Å²) in [5.41, 5.74) is 0. The van der Waals surface area contributed by atoms with Crippen LogP contribution < -0.4 is 15.4 Å². The third-order valence-electron chi connectivity index (χ3n) is 3.81. The van der Waals surface area contributed by atoms with E-state index in [4.69, 9.17) is 9.47 Å². The van der Waals surface area contributed by atoms with Gasteiger partial charge in [-0.25, -0.2) is 13.1 Å². The second kappa shape index (κ2) is 14.0. The normalized spacial score (nSPS) is 17.2. The number of sulfonamides is 1. The molecule has 1 aromatic rings. The summed E-state index contributed by atoms with van der Waals surface area (Å²) in [4.78, 5) is 8.44. The first-order valence-corrected chi connectivity index (χ1v) is 10.7. The van der Waals surface area contributed by atoms with Gasteiger partial charge in [0.15, 0.2) is 5.96 Å². The Kier molecular flexibility index (Phi) is 12.5. The molecule has 28 heavy (non-hydrogen) atoms. The fourth-order valence-corrected chi connectivity index (χ4v) is 3.44. The zero-order chi connectivity index (χ0) is 19.4. The minimum absolute atomic E-state index is 0. The first-order chi connectivity index (χ1) is 13.1. The number of nitrogens with zero attached hydrogens (tertiary/aromatic N) is 2. The van der Waals surface area contributed by atoms with Crippen LogP contribution in [-0.2, 0) is 19.5 Å². The lowest BCUT2D eigenvalue weighted by atomic mass is 10.3. The summed E-state index contributed by atoms with van der Waals surface area (Å²) in [6, 6.07) is 3.10. The number of rotatable bonds is 11. The third-order valence-corrected chi connectivity index (χ3v) is 5.26. The molecule has 0 radical (unpaired) electrons. The topological polar surface area (TPSA) is 114 Å². The Balaban J connectivity index is 0.00000392. The van der Waals surface area contributed by atoms with Crippen LogP contribution >= 0.6 is 24.0 Å². The largest absolute Gasteiger partial charge is 0.379 e. The fraction of sp³-hybridized carbons (Fsp3) is 0.647. The van der Waals surface area contributed by atoms with E-state index in [2.05, 4.69) is 25.3 Å². The van der Waals surface area contributed by atoms with Crippen LogP contribution in [0.15, 0.2) is 34.4 Å². The van der Waals surface area contributed by atoms with E-state index in [1.54, 1.807) is 6.07 Å². The highest BCUT2D eigenvalue weighted by Gasteiger charge is 2.15. The maximum atomic E-state index is 12.1. The molecule has 0 bridgehead atoms. The average molecular weight is 527 g/mol. The maximum Gasteiger partial charge on any atom is 0.242 e. The van der Waals surface area contributed by atoms with Gasteiger partial charge in [0.2, 0.25) is 10.0 Å². The zero-order valence-electron chi connectivity index (χ0n) is 16.1. The van der Waals surface area contributed by atoms with Crippen molar-refractivity contribution in [1.29, 1.82) is 0 Å². The van der Waals surface area contributed by atoms with E-state index in [1.165, 1.54) is 18.5 Å².